The van der Waals surface area contributed by atoms with Gasteiger partial charge in [0.15, 0.2) is 5.03 Å². The van der Waals surface area contributed by atoms with E-state index in [2.05, 4.69) is 17.1 Å². The Morgan fingerprint density at radius 2 is 2.14 bits per heavy atom. The first-order valence-electron chi connectivity index (χ1n) is 7.07. The molecule has 6 heteroatoms. The normalized spacial score (nSPS) is 17.3. The van der Waals surface area contributed by atoms with Crippen molar-refractivity contribution < 1.29 is 8.42 Å². The first-order chi connectivity index (χ1) is 9.99. The Morgan fingerprint density at radius 3 is 2.81 bits per heavy atom. The van der Waals surface area contributed by atoms with Gasteiger partial charge in [-0.25, -0.2) is 13.4 Å². The van der Waals surface area contributed by atoms with Gasteiger partial charge in [-0.15, -0.1) is 0 Å². The molecule has 0 aliphatic heterocycles. The van der Waals surface area contributed by atoms with Gasteiger partial charge in [-0.05, 0) is 24.0 Å². The van der Waals surface area contributed by atoms with Crippen molar-refractivity contribution in [2.75, 3.05) is 0 Å². The second kappa shape index (κ2) is 5.46. The van der Waals surface area contributed by atoms with Crippen LogP contribution in [0.3, 0.4) is 0 Å². The first kappa shape index (κ1) is 14.6. The number of rotatable bonds is 5. The van der Waals surface area contributed by atoms with Crippen molar-refractivity contribution in [3.8, 4) is 0 Å². The van der Waals surface area contributed by atoms with E-state index in [4.69, 9.17) is 10.7 Å². The molecule has 21 heavy (non-hydrogen) atoms. The number of hydrogen-bond acceptors (Lipinski definition) is 3. The molecule has 4 nitrogen and oxygen atoms in total. The van der Waals surface area contributed by atoms with Crippen molar-refractivity contribution in [2.45, 2.75) is 43.7 Å². The Morgan fingerprint density at radius 1 is 1.38 bits per heavy atom. The fourth-order valence-corrected chi connectivity index (χ4v) is 3.58. The summed E-state index contributed by atoms with van der Waals surface area (Å²) in [4.78, 5) is 4.18. The third-order valence-corrected chi connectivity index (χ3v) is 5.11. The Hall–Kier alpha value is -1.33. The molecule has 1 atom stereocenters. The summed E-state index contributed by atoms with van der Waals surface area (Å²) in [6.07, 6.45) is 4.26. The second-order valence-corrected chi connectivity index (χ2v) is 7.95. The molecule has 1 unspecified atom stereocenters. The van der Waals surface area contributed by atoms with Gasteiger partial charge in [-0.1, -0.05) is 31.2 Å². The van der Waals surface area contributed by atoms with Crippen LogP contribution in [0.5, 0.6) is 0 Å². The maximum absolute atomic E-state index is 11.5. The van der Waals surface area contributed by atoms with Crippen molar-refractivity contribution in [1.82, 2.24) is 9.55 Å². The van der Waals surface area contributed by atoms with E-state index in [9.17, 15) is 8.42 Å². The minimum Gasteiger partial charge on any atom is -0.333 e. The van der Waals surface area contributed by atoms with Crippen molar-refractivity contribution in [3.63, 3.8) is 0 Å². The van der Waals surface area contributed by atoms with Crippen LogP contribution >= 0.6 is 10.7 Å². The molecule has 3 rings (SSSR count). The highest BCUT2D eigenvalue weighted by atomic mass is 35.7. The van der Waals surface area contributed by atoms with Gasteiger partial charge < -0.3 is 4.57 Å². The summed E-state index contributed by atoms with van der Waals surface area (Å²) in [7, 11) is 1.64. The molecule has 0 fully saturated rings. The lowest BCUT2D eigenvalue weighted by Gasteiger charge is -2.30. The molecule has 0 amide bonds. The molecule has 112 valence electrons. The minimum atomic E-state index is -3.77. The predicted molar refractivity (Wildman–Crippen MR) is 82.1 cm³/mol. The van der Waals surface area contributed by atoms with Crippen LogP contribution in [0.4, 0.5) is 0 Å². The highest BCUT2D eigenvalue weighted by Crippen LogP contribution is 2.36. The van der Waals surface area contributed by atoms with E-state index >= 15 is 0 Å². The molecule has 0 radical (unpaired) electrons. The summed E-state index contributed by atoms with van der Waals surface area (Å²) in [6.45, 7) is 2.80. The molecule has 2 aromatic rings. The van der Waals surface area contributed by atoms with E-state index in [0.717, 1.165) is 31.6 Å². The highest BCUT2D eigenvalue weighted by Gasteiger charge is 2.27. The summed E-state index contributed by atoms with van der Waals surface area (Å²) < 4.78 is 24.9. The van der Waals surface area contributed by atoms with Gasteiger partial charge in [0.1, 0.15) is 5.82 Å². The molecule has 0 saturated heterocycles. The van der Waals surface area contributed by atoms with Gasteiger partial charge in [0.2, 0.25) is 0 Å². The number of benzene rings is 1. The summed E-state index contributed by atoms with van der Waals surface area (Å²) in [5.41, 5.74) is 2.73. The van der Waals surface area contributed by atoms with Crippen molar-refractivity contribution >= 4 is 19.7 Å². The predicted octanol–water partition coefficient (Wildman–Crippen LogP) is 3.10. The van der Waals surface area contributed by atoms with Crippen LogP contribution in [0.2, 0.25) is 0 Å². The van der Waals surface area contributed by atoms with Crippen LogP contribution in [0.15, 0.2) is 35.5 Å². The largest absolute Gasteiger partial charge is 0.333 e. The topological polar surface area (TPSA) is 52.0 Å². The second-order valence-electron chi connectivity index (χ2n) is 5.44. The molecule has 0 bridgehead atoms. The van der Waals surface area contributed by atoms with Crippen LogP contribution in [0.1, 0.15) is 36.2 Å². The number of halogens is 1. The SMILES string of the molecule is CCCc1nc(S(=O)(=O)Cl)cn1CC1Cc2ccccc21. The third-order valence-electron chi connectivity index (χ3n) is 3.94. The smallest absolute Gasteiger partial charge is 0.280 e. The van der Waals surface area contributed by atoms with Crippen molar-refractivity contribution in [1.29, 1.82) is 0 Å². The first-order valence-corrected chi connectivity index (χ1v) is 9.38. The van der Waals surface area contributed by atoms with Gasteiger partial charge in [-0.3, -0.25) is 0 Å². The molecule has 1 aromatic heterocycles. The van der Waals surface area contributed by atoms with Gasteiger partial charge >= 0.3 is 0 Å². The zero-order valence-electron chi connectivity index (χ0n) is 11.8. The summed E-state index contributed by atoms with van der Waals surface area (Å²) in [6, 6.07) is 8.37. The van der Waals surface area contributed by atoms with Gasteiger partial charge in [0.05, 0.1) is 0 Å². The van der Waals surface area contributed by atoms with Crippen molar-refractivity contribution in [3.05, 3.63) is 47.4 Å². The molecule has 1 heterocycles. The number of aryl methyl sites for hydroxylation is 1. The van der Waals surface area contributed by atoms with Crippen LogP contribution in [-0.4, -0.2) is 18.0 Å². The number of imidazole rings is 1. The van der Waals surface area contributed by atoms with Crippen LogP contribution in [-0.2, 0) is 28.4 Å². The molecular formula is C15H17ClN2O2S. The molecule has 1 aliphatic carbocycles. The lowest BCUT2D eigenvalue weighted by atomic mass is 9.77. The number of hydrogen-bond donors (Lipinski definition) is 0. The molecule has 1 aromatic carbocycles. The van der Waals surface area contributed by atoms with E-state index in [1.54, 1.807) is 6.20 Å². The average molecular weight is 325 g/mol. The molecule has 0 spiro atoms. The average Bonchev–Trinajstić information content (AvgIpc) is 2.80. The number of nitrogens with zero attached hydrogens (tertiary/aromatic N) is 2. The zero-order chi connectivity index (χ0) is 15.0. The Bertz CT molecular complexity index is 768. The Kier molecular flexibility index (Phi) is 3.80. The lowest BCUT2D eigenvalue weighted by molar-refractivity contribution is 0.494. The molecule has 0 saturated carbocycles. The fraction of sp³-hybridized carbons (Fsp3) is 0.400. The maximum Gasteiger partial charge on any atom is 0.280 e. The number of aromatic nitrogens is 2. The van der Waals surface area contributed by atoms with E-state index in [0.29, 0.717) is 5.92 Å². The minimum absolute atomic E-state index is 0.0415. The Labute approximate surface area is 129 Å². The lowest BCUT2D eigenvalue weighted by Crippen LogP contribution is -2.22. The molecule has 0 N–H and O–H groups in total. The van der Waals surface area contributed by atoms with E-state index in [1.165, 1.54) is 11.1 Å². The molecular weight excluding hydrogens is 308 g/mol. The van der Waals surface area contributed by atoms with Crippen molar-refractivity contribution in [2.24, 2.45) is 0 Å². The van der Waals surface area contributed by atoms with E-state index < -0.39 is 9.05 Å². The zero-order valence-corrected chi connectivity index (χ0v) is 13.4. The highest BCUT2D eigenvalue weighted by molar-refractivity contribution is 8.13. The monoisotopic (exact) mass is 324 g/mol. The maximum atomic E-state index is 11.5. The van der Waals surface area contributed by atoms with Gasteiger partial charge in [0, 0.05) is 35.8 Å². The standard InChI is InChI=1S/C15H17ClN2O2S/c1-2-5-14-17-15(21(16,19)20)10-18(14)9-12-8-11-6-3-4-7-13(11)12/h3-4,6-7,10,12H,2,5,8-9H2,1H3. The van der Waals surface area contributed by atoms with Crippen LogP contribution < -0.4 is 0 Å². The fourth-order valence-electron chi connectivity index (χ4n) is 2.89. The Balaban J connectivity index is 1.87. The third kappa shape index (κ3) is 2.85. The van der Waals surface area contributed by atoms with Gasteiger partial charge in [-0.2, -0.15) is 0 Å². The van der Waals surface area contributed by atoms with Gasteiger partial charge in [0.25, 0.3) is 9.05 Å². The van der Waals surface area contributed by atoms with E-state index in [1.807, 2.05) is 23.6 Å². The summed E-state index contributed by atoms with van der Waals surface area (Å²) in [5, 5.41) is -0.0415. The quantitative estimate of drug-likeness (QED) is 0.794. The molecule has 1 aliphatic rings. The van der Waals surface area contributed by atoms with E-state index in [-0.39, 0.29) is 5.03 Å². The van der Waals surface area contributed by atoms with Crippen LogP contribution in [0, 0.1) is 0 Å². The number of fused-ring (bicyclic) bond motifs is 1. The summed E-state index contributed by atoms with van der Waals surface area (Å²) in [5.74, 6) is 1.22. The summed E-state index contributed by atoms with van der Waals surface area (Å²) >= 11 is 0. The van der Waals surface area contributed by atoms with Crippen LogP contribution in [0.25, 0.3) is 0 Å².